The lowest BCUT2D eigenvalue weighted by atomic mass is 10.2. The van der Waals surface area contributed by atoms with Crippen molar-refractivity contribution in [1.29, 1.82) is 0 Å². The molecule has 0 bridgehead atoms. The van der Waals surface area contributed by atoms with E-state index in [-0.39, 0.29) is 18.2 Å². The van der Waals surface area contributed by atoms with E-state index in [4.69, 9.17) is 10.5 Å². The number of nitrogens with one attached hydrogen (secondary N) is 1. The molecule has 1 fully saturated rings. The van der Waals surface area contributed by atoms with E-state index < -0.39 is 11.9 Å². The monoisotopic (exact) mass is 225 g/mol. The lowest BCUT2D eigenvalue weighted by Crippen LogP contribution is -2.54. The minimum Gasteiger partial charge on any atom is -0.377 e. The van der Waals surface area contributed by atoms with E-state index in [0.717, 1.165) is 0 Å². The first kappa shape index (κ1) is 10.6. The Morgan fingerprint density at radius 3 is 3.06 bits per heavy atom. The average molecular weight is 225 g/mol. The van der Waals surface area contributed by atoms with Crippen molar-refractivity contribution in [3.8, 4) is 0 Å². The van der Waals surface area contributed by atoms with Gasteiger partial charge in [0, 0.05) is 6.54 Å². The summed E-state index contributed by atoms with van der Waals surface area (Å²) in [6.45, 7) is 0.825. The summed E-state index contributed by atoms with van der Waals surface area (Å²) < 4.78 is 5.10. The van der Waals surface area contributed by atoms with Crippen molar-refractivity contribution in [2.24, 2.45) is 5.73 Å². The number of aromatic nitrogens is 3. The smallest absolute Gasteiger partial charge is 0.276 e. The largest absolute Gasteiger partial charge is 0.377 e. The highest BCUT2D eigenvalue weighted by atomic mass is 16.5. The summed E-state index contributed by atoms with van der Waals surface area (Å²) in [6, 6.07) is -0.738. The highest BCUT2D eigenvalue weighted by Crippen LogP contribution is 2.10. The molecule has 3 N–H and O–H groups in total. The maximum Gasteiger partial charge on any atom is 0.276 e. The van der Waals surface area contributed by atoms with Crippen molar-refractivity contribution in [2.45, 2.75) is 6.04 Å². The maximum absolute atomic E-state index is 11.9. The third-order valence-electron chi connectivity index (χ3n) is 2.35. The molecule has 0 radical (unpaired) electrons. The summed E-state index contributed by atoms with van der Waals surface area (Å²) in [7, 11) is 0. The Morgan fingerprint density at radius 2 is 2.44 bits per heavy atom. The molecule has 0 spiro atoms. The minimum atomic E-state index is -0.738. The zero-order valence-electron chi connectivity index (χ0n) is 8.42. The van der Waals surface area contributed by atoms with Crippen molar-refractivity contribution < 1.29 is 14.3 Å². The molecule has 0 aliphatic carbocycles. The zero-order valence-corrected chi connectivity index (χ0v) is 8.42. The van der Waals surface area contributed by atoms with E-state index in [2.05, 4.69) is 15.4 Å². The van der Waals surface area contributed by atoms with Crippen LogP contribution in [0.2, 0.25) is 0 Å². The lowest BCUT2D eigenvalue weighted by molar-refractivity contribution is -0.127. The summed E-state index contributed by atoms with van der Waals surface area (Å²) in [6.07, 6.45) is 1.30. The molecule has 1 saturated heterocycles. The van der Waals surface area contributed by atoms with Crippen molar-refractivity contribution in [3.63, 3.8) is 0 Å². The predicted molar refractivity (Wildman–Crippen MR) is 51.2 cm³/mol. The van der Waals surface area contributed by atoms with Crippen molar-refractivity contribution in [2.75, 3.05) is 19.8 Å². The van der Waals surface area contributed by atoms with Gasteiger partial charge in [-0.05, 0) is 0 Å². The van der Waals surface area contributed by atoms with Crippen molar-refractivity contribution >= 4 is 11.8 Å². The molecular formula is C8H11N5O3. The van der Waals surface area contributed by atoms with Gasteiger partial charge in [0.2, 0.25) is 5.91 Å². The summed E-state index contributed by atoms with van der Waals surface area (Å²) in [5.74, 6) is -0.961. The highest BCUT2D eigenvalue weighted by Gasteiger charge is 2.32. The third-order valence-corrected chi connectivity index (χ3v) is 2.35. The molecule has 8 nitrogen and oxygen atoms in total. The molecule has 1 aliphatic heterocycles. The first-order chi connectivity index (χ1) is 7.70. The van der Waals surface area contributed by atoms with E-state index in [1.54, 1.807) is 0 Å². The number of primary amides is 1. The number of morpholine rings is 1. The van der Waals surface area contributed by atoms with Crippen LogP contribution in [0.15, 0.2) is 6.20 Å². The molecule has 2 amide bonds. The quantitative estimate of drug-likeness (QED) is 0.612. The molecule has 0 saturated carbocycles. The number of rotatable bonds is 2. The van der Waals surface area contributed by atoms with Gasteiger partial charge in [0.15, 0.2) is 5.69 Å². The molecule has 1 aromatic rings. The molecule has 86 valence electrons. The van der Waals surface area contributed by atoms with Crippen LogP contribution in [0.3, 0.4) is 0 Å². The summed E-state index contributed by atoms with van der Waals surface area (Å²) in [5, 5.41) is 9.54. The van der Waals surface area contributed by atoms with Gasteiger partial charge in [-0.2, -0.15) is 15.4 Å². The van der Waals surface area contributed by atoms with Crippen molar-refractivity contribution in [3.05, 3.63) is 11.9 Å². The first-order valence-electron chi connectivity index (χ1n) is 4.74. The molecule has 8 heteroatoms. The second-order valence-electron chi connectivity index (χ2n) is 3.35. The Morgan fingerprint density at radius 1 is 1.62 bits per heavy atom. The molecule has 1 unspecified atom stereocenters. The van der Waals surface area contributed by atoms with Gasteiger partial charge in [0.1, 0.15) is 6.04 Å². The Bertz CT molecular complexity index is 390. The SMILES string of the molecule is NC(=O)C1COCCN1C(=O)c1cn[nH]n1. The van der Waals surface area contributed by atoms with Crippen LogP contribution in [-0.4, -0.2) is 57.9 Å². The number of carbonyl (C=O) groups excluding carboxylic acids is 2. The van der Waals surface area contributed by atoms with Crippen molar-refractivity contribution in [1.82, 2.24) is 20.3 Å². The van der Waals surface area contributed by atoms with Gasteiger partial charge in [-0.1, -0.05) is 0 Å². The minimum absolute atomic E-state index is 0.124. The lowest BCUT2D eigenvalue weighted by Gasteiger charge is -2.32. The molecule has 2 heterocycles. The number of H-pyrrole nitrogens is 1. The van der Waals surface area contributed by atoms with Crippen LogP contribution >= 0.6 is 0 Å². The van der Waals surface area contributed by atoms with Crippen LogP contribution in [-0.2, 0) is 9.53 Å². The van der Waals surface area contributed by atoms with E-state index in [1.807, 2.05) is 0 Å². The van der Waals surface area contributed by atoms with Gasteiger partial charge in [0.25, 0.3) is 5.91 Å². The second kappa shape index (κ2) is 4.27. The number of aromatic amines is 1. The number of hydrogen-bond acceptors (Lipinski definition) is 5. The van der Waals surface area contributed by atoms with Crippen LogP contribution in [0.25, 0.3) is 0 Å². The van der Waals surface area contributed by atoms with Gasteiger partial charge in [0.05, 0.1) is 19.4 Å². The molecule has 2 rings (SSSR count). The van der Waals surface area contributed by atoms with Gasteiger partial charge in [-0.15, -0.1) is 0 Å². The summed E-state index contributed by atoms with van der Waals surface area (Å²) in [5.41, 5.74) is 5.35. The zero-order chi connectivity index (χ0) is 11.5. The molecular weight excluding hydrogens is 214 g/mol. The number of amides is 2. The van der Waals surface area contributed by atoms with E-state index in [1.165, 1.54) is 11.1 Å². The van der Waals surface area contributed by atoms with E-state index in [0.29, 0.717) is 13.2 Å². The molecule has 16 heavy (non-hydrogen) atoms. The number of ether oxygens (including phenoxy) is 1. The first-order valence-corrected chi connectivity index (χ1v) is 4.74. The Kier molecular flexibility index (Phi) is 2.82. The van der Waals surface area contributed by atoms with E-state index in [9.17, 15) is 9.59 Å². The van der Waals surface area contributed by atoms with Gasteiger partial charge < -0.3 is 15.4 Å². The average Bonchev–Trinajstić information content (AvgIpc) is 2.81. The van der Waals surface area contributed by atoms with Crippen LogP contribution < -0.4 is 5.73 Å². The Hall–Kier alpha value is -1.96. The fourth-order valence-corrected chi connectivity index (χ4v) is 1.53. The molecule has 1 atom stereocenters. The Labute approximate surface area is 90.7 Å². The van der Waals surface area contributed by atoms with Crippen LogP contribution in [0, 0.1) is 0 Å². The highest BCUT2D eigenvalue weighted by molar-refractivity contribution is 5.95. The van der Waals surface area contributed by atoms with Crippen LogP contribution in [0.4, 0.5) is 0 Å². The molecule has 1 aliphatic rings. The third kappa shape index (κ3) is 1.87. The fraction of sp³-hybridized carbons (Fsp3) is 0.500. The topological polar surface area (TPSA) is 114 Å². The number of nitrogens with two attached hydrogens (primary N) is 1. The summed E-state index contributed by atoms with van der Waals surface area (Å²) >= 11 is 0. The normalized spacial score (nSPS) is 20.8. The number of nitrogens with zero attached hydrogens (tertiary/aromatic N) is 3. The van der Waals surface area contributed by atoms with Gasteiger partial charge >= 0.3 is 0 Å². The van der Waals surface area contributed by atoms with Gasteiger partial charge in [-0.25, -0.2) is 0 Å². The van der Waals surface area contributed by atoms with Crippen LogP contribution in [0.5, 0.6) is 0 Å². The van der Waals surface area contributed by atoms with Gasteiger partial charge in [-0.3, -0.25) is 9.59 Å². The van der Waals surface area contributed by atoms with Crippen LogP contribution in [0.1, 0.15) is 10.5 Å². The summed E-state index contributed by atoms with van der Waals surface area (Å²) in [4.78, 5) is 24.4. The Balaban J connectivity index is 2.17. The molecule has 1 aromatic heterocycles. The predicted octanol–water partition coefficient (Wildman–Crippen LogP) is -1.87. The van der Waals surface area contributed by atoms with E-state index >= 15 is 0 Å². The second-order valence-corrected chi connectivity index (χ2v) is 3.35. The fourth-order valence-electron chi connectivity index (χ4n) is 1.53. The number of carbonyl (C=O) groups is 2. The molecule has 0 aromatic carbocycles. The maximum atomic E-state index is 11.9. The number of hydrogen-bond donors (Lipinski definition) is 2. The standard InChI is InChI=1S/C8H11N5O3/c9-7(14)6-4-16-2-1-13(6)8(15)5-3-10-12-11-5/h3,6H,1-2,4H2,(H2,9,14)(H,10,11,12).